The summed E-state index contributed by atoms with van der Waals surface area (Å²) in [7, 11) is 0. The van der Waals surface area contributed by atoms with Crippen molar-refractivity contribution in [3.8, 4) is 147 Å². The number of hydrogen-bond donors (Lipinski definition) is 0. The number of nitrogens with zero attached hydrogens (tertiary/aromatic N) is 9. The zero-order chi connectivity index (χ0) is 98.7. The molecule has 1 aliphatic rings. The van der Waals surface area contributed by atoms with Crippen LogP contribution in [0.1, 0.15) is 25.0 Å². The Labute approximate surface area is 862 Å². The van der Waals surface area contributed by atoms with E-state index in [9.17, 15) is 0 Å². The lowest BCUT2D eigenvalue weighted by Gasteiger charge is -2.24. The van der Waals surface area contributed by atoms with Crippen molar-refractivity contribution in [1.82, 2.24) is 44.9 Å². The number of para-hydroxylation sites is 1. The van der Waals surface area contributed by atoms with Crippen LogP contribution in [0.25, 0.3) is 286 Å². The molecule has 24 aromatic carbocycles. The van der Waals surface area contributed by atoms with Gasteiger partial charge in [-0.2, -0.15) is 0 Å². The Bertz CT molecular complexity index is 9890. The first-order chi connectivity index (χ1) is 73.6. The molecule has 0 atom stereocenters. The van der Waals surface area contributed by atoms with Crippen molar-refractivity contribution in [2.75, 3.05) is 0 Å². The summed E-state index contributed by atoms with van der Waals surface area (Å²) in [5.41, 5.74) is 22.6. The lowest BCUT2D eigenvalue weighted by Crippen LogP contribution is -2.15. The second-order valence-electron chi connectivity index (χ2n) is 38.9. The Balaban J connectivity index is 0.000000108. The van der Waals surface area contributed by atoms with Gasteiger partial charge in [0.05, 0.1) is 0 Å². The summed E-state index contributed by atoms with van der Waals surface area (Å²) in [5.74, 6) is 5.89. The molecule has 0 spiro atoms. The fourth-order valence-corrected chi connectivity index (χ4v) is 23.7. The molecule has 5 heterocycles. The number of furan rings is 1. The maximum Gasteiger partial charge on any atom is 0.164 e. The van der Waals surface area contributed by atoms with Crippen LogP contribution in [-0.2, 0) is 5.41 Å². The summed E-state index contributed by atoms with van der Waals surface area (Å²) in [4.78, 5) is 44.4. The van der Waals surface area contributed by atoms with E-state index < -0.39 is 0 Å². The fraction of sp³-hybridized carbons (Fsp3) is 0.0217. The molecule has 0 saturated heterocycles. The van der Waals surface area contributed by atoms with Crippen LogP contribution in [0.15, 0.2) is 496 Å². The predicted molar refractivity (Wildman–Crippen MR) is 620 cm³/mol. The molecule has 1 aliphatic carbocycles. The molecule has 11 heteroatoms. The van der Waals surface area contributed by atoms with Crippen molar-refractivity contribution >= 4 is 150 Å². The van der Waals surface area contributed by atoms with Gasteiger partial charge in [-0.25, -0.2) is 44.9 Å². The molecule has 0 saturated carbocycles. The summed E-state index contributed by atoms with van der Waals surface area (Å²) in [5, 5.41) is 27.5. The van der Waals surface area contributed by atoms with Crippen molar-refractivity contribution in [1.29, 1.82) is 0 Å². The smallest absolute Gasteiger partial charge is 0.164 e. The van der Waals surface area contributed by atoms with Crippen molar-refractivity contribution in [2.24, 2.45) is 0 Å². The maximum atomic E-state index is 6.53. The fourth-order valence-electron chi connectivity index (χ4n) is 22.4. The number of aromatic nitrogens is 9. The number of thiophene rings is 1. The van der Waals surface area contributed by atoms with Gasteiger partial charge in [-0.05, 0) is 191 Å². The van der Waals surface area contributed by atoms with Crippen LogP contribution in [-0.4, -0.2) is 44.9 Å². The van der Waals surface area contributed by atoms with E-state index in [0.717, 1.165) is 111 Å². The minimum atomic E-state index is -0.0992. The number of benzene rings is 24. The van der Waals surface area contributed by atoms with Crippen LogP contribution in [0.4, 0.5) is 0 Å². The molecular weight excluding hydrogens is 1830 g/mol. The Morgan fingerprint density at radius 1 is 0.181 bits per heavy atom. The van der Waals surface area contributed by atoms with E-state index in [4.69, 9.17) is 49.3 Å². The normalized spacial score (nSPS) is 12.1. The molecule has 10 nitrogen and oxygen atoms in total. The second-order valence-corrected chi connectivity index (χ2v) is 39.9. The molecule has 0 amide bonds. The van der Waals surface area contributed by atoms with Gasteiger partial charge in [-0.1, -0.05) is 451 Å². The molecule has 696 valence electrons. The van der Waals surface area contributed by atoms with E-state index in [1.165, 1.54) is 134 Å². The van der Waals surface area contributed by atoms with Gasteiger partial charge in [0.25, 0.3) is 0 Å². The lowest BCUT2D eigenvalue weighted by atomic mass is 9.79. The third-order valence-electron chi connectivity index (χ3n) is 29.6. The highest BCUT2D eigenvalue weighted by molar-refractivity contribution is 7.26. The highest BCUT2D eigenvalue weighted by atomic mass is 32.1. The van der Waals surface area contributed by atoms with Crippen molar-refractivity contribution in [3.05, 3.63) is 503 Å². The molecule has 0 N–H and O–H groups in total. The van der Waals surface area contributed by atoms with Crippen molar-refractivity contribution in [3.63, 3.8) is 0 Å². The molecule has 149 heavy (non-hydrogen) atoms. The van der Waals surface area contributed by atoms with Crippen LogP contribution in [0.5, 0.6) is 0 Å². The SMILES string of the molecule is CC1(C)c2ccccc2-c2ccc3ccc4ccc5cc(-c6cccc(-c7nc(-c8ccccc8)nc(-c8ccccc8)n7)c6)ccc5c4c3c21.c1ccc(-c2nc(-c3ccccc3)nc(-c3cccc(-c4ccc5c(ccc6ccc7ccc8c9ccccc9oc8c7c65)c4)c3)n2)cc1.c1ccc(-c2nc(-c3ccccc3)nc(-c3cccc(-c4ccc5c(ccc6ccc7ccc8c9ccccc9sc8c7c65)c4)c3)n2)cc1. The van der Waals surface area contributed by atoms with Gasteiger partial charge in [0.15, 0.2) is 52.4 Å². The highest BCUT2D eigenvalue weighted by Gasteiger charge is 2.38. The van der Waals surface area contributed by atoms with Crippen LogP contribution < -0.4 is 0 Å². The molecule has 0 unspecified atom stereocenters. The van der Waals surface area contributed by atoms with E-state index in [1.807, 2.05) is 205 Å². The minimum absolute atomic E-state index is 0.0992. The molecule has 29 aromatic rings. The van der Waals surface area contributed by atoms with E-state index in [2.05, 4.69) is 311 Å². The molecule has 0 radical (unpaired) electrons. The third-order valence-corrected chi connectivity index (χ3v) is 30.8. The quantitative estimate of drug-likeness (QED) is 0.109. The monoisotopic (exact) mass is 1920 g/mol. The topological polar surface area (TPSA) is 129 Å². The summed E-state index contributed by atoms with van der Waals surface area (Å²) in [6, 6.07) is 173. The largest absolute Gasteiger partial charge is 0.455 e. The zero-order valence-electron chi connectivity index (χ0n) is 81.1. The highest BCUT2D eigenvalue weighted by Crippen LogP contribution is 2.54. The van der Waals surface area contributed by atoms with Gasteiger partial charge >= 0.3 is 0 Å². The molecule has 0 fully saturated rings. The first kappa shape index (κ1) is 87.5. The van der Waals surface area contributed by atoms with Gasteiger partial charge in [-0.3, -0.25) is 0 Å². The van der Waals surface area contributed by atoms with E-state index in [1.54, 1.807) is 0 Å². The maximum absolute atomic E-state index is 6.53. The summed E-state index contributed by atoms with van der Waals surface area (Å²) in [6.45, 7) is 4.76. The Kier molecular flexibility index (Phi) is 21.3. The number of fused-ring (bicyclic) bond motifs is 27. The molecular formula is C138H87N9OS. The van der Waals surface area contributed by atoms with Crippen LogP contribution >= 0.6 is 11.3 Å². The lowest BCUT2D eigenvalue weighted by molar-refractivity contribution is 0.666. The Hall–Kier alpha value is -19.3. The molecule has 30 rings (SSSR count). The van der Waals surface area contributed by atoms with Gasteiger partial charge in [-0.15, -0.1) is 11.3 Å². The van der Waals surface area contributed by atoms with Gasteiger partial charge in [0.1, 0.15) is 11.2 Å². The van der Waals surface area contributed by atoms with Crippen LogP contribution in [0, 0.1) is 0 Å². The predicted octanol–water partition coefficient (Wildman–Crippen LogP) is 36.6. The summed E-state index contributed by atoms with van der Waals surface area (Å²) < 4.78 is 9.21. The Morgan fingerprint density at radius 2 is 0.463 bits per heavy atom. The van der Waals surface area contributed by atoms with Gasteiger partial charge in [0.2, 0.25) is 0 Å². The van der Waals surface area contributed by atoms with E-state index >= 15 is 0 Å². The first-order valence-electron chi connectivity index (χ1n) is 50.4. The Morgan fingerprint density at radius 3 is 0.879 bits per heavy atom. The first-order valence-corrected chi connectivity index (χ1v) is 51.2. The van der Waals surface area contributed by atoms with Crippen LogP contribution in [0.2, 0.25) is 0 Å². The van der Waals surface area contributed by atoms with Crippen LogP contribution in [0.3, 0.4) is 0 Å². The third kappa shape index (κ3) is 15.6. The average Bonchev–Trinajstić information content (AvgIpc) is 1.57. The number of hydrogen-bond acceptors (Lipinski definition) is 11. The molecule has 0 aliphatic heterocycles. The zero-order valence-corrected chi connectivity index (χ0v) is 81.9. The summed E-state index contributed by atoms with van der Waals surface area (Å²) >= 11 is 1.90. The van der Waals surface area contributed by atoms with Crippen molar-refractivity contribution < 1.29 is 4.42 Å². The average molecular weight is 1920 g/mol. The van der Waals surface area contributed by atoms with Gasteiger partial charge in [0, 0.05) is 103 Å². The molecule has 5 aromatic heterocycles. The standard InChI is InChI=1S/C48H33N3.C45H27N3O.C45H27N3S/c1-48(2)41-19-10-9-18-39(41)40-27-24-31-21-20-30-22-23-36-28-35(25-26-38(36)42(30)43(31)44(40)48)34-16-11-17-37(29-34)47-50-45(32-12-5-3-6-13-32)49-46(51-47)33-14-7-4-8-15-33;2*1-3-10-30(11-4-1)43-46-44(31-12-5-2-6-13-31)48-45(47-43)35-15-9-14-32(27-35)33-23-24-36-34(26-33)21-20-28-18-19-29-22-25-38-37-16-7-8-17-39(37)49-42(38)41(29)40(28)36/h3-29H,1-2H3;2*1-27H. The molecule has 0 bridgehead atoms. The van der Waals surface area contributed by atoms with E-state index in [-0.39, 0.29) is 5.41 Å². The van der Waals surface area contributed by atoms with E-state index in [0.29, 0.717) is 52.4 Å². The van der Waals surface area contributed by atoms with Gasteiger partial charge < -0.3 is 4.42 Å². The minimum Gasteiger partial charge on any atom is -0.455 e. The second kappa shape index (κ2) is 36.2. The number of rotatable bonds is 12. The summed E-state index contributed by atoms with van der Waals surface area (Å²) in [6.07, 6.45) is 0. The van der Waals surface area contributed by atoms with Crippen molar-refractivity contribution in [2.45, 2.75) is 19.3 Å².